The number of likely N-dealkylation sites (N-methyl/N-ethyl adjacent to an activating group) is 1. The molecule has 7 heteroatoms. The van der Waals surface area contributed by atoms with Crippen LogP contribution in [0, 0.1) is 18.3 Å². The normalized spacial score (nSPS) is 17.1. The van der Waals surface area contributed by atoms with Gasteiger partial charge in [-0.2, -0.15) is 5.26 Å². The summed E-state index contributed by atoms with van der Waals surface area (Å²) in [7, 11) is 1.62. The maximum absolute atomic E-state index is 13.5. The number of pyridine rings is 1. The number of amides is 2. The Morgan fingerprint density at radius 3 is 2.53 bits per heavy atom. The summed E-state index contributed by atoms with van der Waals surface area (Å²) >= 11 is 0. The quantitative estimate of drug-likeness (QED) is 0.851. The van der Waals surface area contributed by atoms with Crippen LogP contribution in [0.4, 0.5) is 11.4 Å². The van der Waals surface area contributed by atoms with Crippen molar-refractivity contribution < 1.29 is 9.59 Å². The number of nitriles is 1. The van der Waals surface area contributed by atoms with E-state index in [0.29, 0.717) is 23.6 Å². The number of aryl methyl sites for hydroxylation is 1. The molecule has 0 bridgehead atoms. The van der Waals surface area contributed by atoms with Crippen molar-refractivity contribution >= 4 is 23.2 Å². The zero-order valence-corrected chi connectivity index (χ0v) is 17.1. The minimum atomic E-state index is -0.638. The second-order valence-electron chi connectivity index (χ2n) is 7.76. The van der Waals surface area contributed by atoms with Crippen LogP contribution in [0.15, 0.2) is 48.9 Å². The van der Waals surface area contributed by atoms with Gasteiger partial charge in [0, 0.05) is 12.7 Å². The van der Waals surface area contributed by atoms with Crippen molar-refractivity contribution in [2.24, 2.45) is 0 Å². The van der Waals surface area contributed by atoms with Crippen LogP contribution in [0.2, 0.25) is 0 Å². The molecule has 1 spiro atoms. The van der Waals surface area contributed by atoms with E-state index in [1.54, 1.807) is 31.1 Å². The number of nitrogens with one attached hydrogen (secondary N) is 1. The highest BCUT2D eigenvalue weighted by Crippen LogP contribution is 2.50. The predicted molar refractivity (Wildman–Crippen MR) is 114 cm³/mol. The minimum absolute atomic E-state index is 0.0147. The molecule has 30 heavy (non-hydrogen) atoms. The number of aromatic nitrogens is 1. The van der Waals surface area contributed by atoms with Crippen LogP contribution < -0.4 is 15.1 Å². The molecule has 2 aromatic rings. The van der Waals surface area contributed by atoms with Crippen molar-refractivity contribution in [3.8, 4) is 6.07 Å². The van der Waals surface area contributed by atoms with Crippen molar-refractivity contribution in [2.75, 3.05) is 16.8 Å². The molecule has 2 amide bonds. The third-order valence-electron chi connectivity index (χ3n) is 5.99. The molecule has 0 atom stereocenters. The van der Waals surface area contributed by atoms with Crippen molar-refractivity contribution in [1.82, 2.24) is 10.3 Å². The number of nitrogens with zero attached hydrogens (tertiary/aromatic N) is 4. The Labute approximate surface area is 175 Å². The zero-order valence-electron chi connectivity index (χ0n) is 17.1. The molecule has 2 aliphatic rings. The van der Waals surface area contributed by atoms with Crippen molar-refractivity contribution in [3.63, 3.8) is 0 Å². The van der Waals surface area contributed by atoms with Gasteiger partial charge >= 0.3 is 0 Å². The standard InChI is InChI=1S/C23H23N5O2/c1-15-11-19(14-26-20(15)13-24)27-16(2)28(23(22(27)30)9-4-10-23)18-7-5-17(6-8-18)12-21(29)25-3/h5-8,11,14H,2,4,9-10,12H2,1,3H3,(H,25,29). The first-order valence-electron chi connectivity index (χ1n) is 9.91. The van der Waals surface area contributed by atoms with E-state index in [4.69, 9.17) is 5.26 Å². The lowest BCUT2D eigenvalue weighted by Crippen LogP contribution is -2.54. The summed E-state index contributed by atoms with van der Waals surface area (Å²) in [4.78, 5) is 32.9. The number of rotatable bonds is 4. The van der Waals surface area contributed by atoms with Gasteiger partial charge < -0.3 is 10.2 Å². The minimum Gasteiger partial charge on any atom is -0.359 e. The van der Waals surface area contributed by atoms with Gasteiger partial charge in [-0.1, -0.05) is 18.7 Å². The summed E-state index contributed by atoms with van der Waals surface area (Å²) < 4.78 is 0. The third-order valence-corrected chi connectivity index (χ3v) is 5.99. The lowest BCUT2D eigenvalue weighted by molar-refractivity contribution is -0.124. The Hall–Kier alpha value is -3.66. The van der Waals surface area contributed by atoms with Crippen LogP contribution in [-0.2, 0) is 16.0 Å². The van der Waals surface area contributed by atoms with E-state index in [1.165, 1.54) is 0 Å². The smallest absolute Gasteiger partial charge is 0.259 e. The fraction of sp³-hybridized carbons (Fsp3) is 0.304. The van der Waals surface area contributed by atoms with Crippen LogP contribution in [0.3, 0.4) is 0 Å². The Morgan fingerprint density at radius 2 is 2.00 bits per heavy atom. The van der Waals surface area contributed by atoms with E-state index in [9.17, 15) is 9.59 Å². The zero-order chi connectivity index (χ0) is 21.5. The average molecular weight is 401 g/mol. The van der Waals surface area contributed by atoms with Crippen LogP contribution >= 0.6 is 0 Å². The van der Waals surface area contributed by atoms with E-state index >= 15 is 0 Å². The monoisotopic (exact) mass is 401 g/mol. The molecule has 4 rings (SSSR count). The molecule has 1 aromatic heterocycles. The molecule has 1 N–H and O–H groups in total. The lowest BCUT2D eigenvalue weighted by atomic mass is 9.75. The highest BCUT2D eigenvalue weighted by Gasteiger charge is 2.58. The highest BCUT2D eigenvalue weighted by atomic mass is 16.2. The van der Waals surface area contributed by atoms with E-state index in [-0.39, 0.29) is 11.8 Å². The molecule has 2 fully saturated rings. The molecule has 2 heterocycles. The molecule has 0 unspecified atom stereocenters. The third kappa shape index (κ3) is 2.92. The lowest BCUT2D eigenvalue weighted by Gasteiger charge is -2.43. The Morgan fingerprint density at radius 1 is 1.30 bits per heavy atom. The molecule has 0 radical (unpaired) electrons. The second-order valence-corrected chi connectivity index (χ2v) is 7.76. The first-order chi connectivity index (χ1) is 14.4. The fourth-order valence-corrected chi connectivity index (χ4v) is 4.22. The van der Waals surface area contributed by atoms with E-state index in [1.807, 2.05) is 29.2 Å². The Balaban J connectivity index is 1.69. The summed E-state index contributed by atoms with van der Waals surface area (Å²) in [5, 5.41) is 11.8. The van der Waals surface area contributed by atoms with Gasteiger partial charge in [0.1, 0.15) is 23.1 Å². The largest absolute Gasteiger partial charge is 0.359 e. The molecule has 7 nitrogen and oxygen atoms in total. The Kier molecular flexibility index (Phi) is 4.78. The predicted octanol–water partition coefficient (Wildman–Crippen LogP) is 2.80. The molecule has 1 saturated carbocycles. The number of hydrogen-bond donors (Lipinski definition) is 1. The summed E-state index contributed by atoms with van der Waals surface area (Å²) in [5.41, 5.74) is 2.82. The number of carbonyl (C=O) groups is 2. The van der Waals surface area contributed by atoms with Gasteiger partial charge in [0.05, 0.1) is 18.3 Å². The molecular formula is C23H23N5O2. The first-order valence-corrected chi connectivity index (χ1v) is 9.91. The molecule has 1 aliphatic heterocycles. The van der Waals surface area contributed by atoms with E-state index in [2.05, 4.69) is 22.9 Å². The van der Waals surface area contributed by atoms with Crippen LogP contribution in [0.5, 0.6) is 0 Å². The van der Waals surface area contributed by atoms with Gasteiger partial charge in [-0.25, -0.2) is 4.98 Å². The molecular weight excluding hydrogens is 378 g/mol. The summed E-state index contributed by atoms with van der Waals surface area (Å²) in [5.74, 6) is 0.512. The van der Waals surface area contributed by atoms with Crippen molar-refractivity contribution in [3.05, 3.63) is 65.7 Å². The summed E-state index contributed by atoms with van der Waals surface area (Å²) in [6.07, 6.45) is 4.35. The van der Waals surface area contributed by atoms with Gasteiger partial charge in [0.25, 0.3) is 5.91 Å². The molecule has 1 saturated heterocycles. The Bertz CT molecular complexity index is 1080. The molecule has 152 valence electrons. The van der Waals surface area contributed by atoms with Gasteiger partial charge in [0.15, 0.2) is 0 Å². The van der Waals surface area contributed by atoms with Crippen molar-refractivity contribution in [1.29, 1.82) is 5.26 Å². The van der Waals surface area contributed by atoms with Gasteiger partial charge in [-0.3, -0.25) is 14.5 Å². The highest BCUT2D eigenvalue weighted by molar-refractivity contribution is 6.10. The maximum atomic E-state index is 13.5. The average Bonchev–Trinajstić information content (AvgIpc) is 2.95. The second kappa shape index (κ2) is 7.30. The SMILES string of the molecule is C=C1N(c2cnc(C#N)c(C)c2)C(=O)C2(CCC2)N1c1ccc(CC(=O)NC)cc1. The van der Waals surface area contributed by atoms with Gasteiger partial charge in [-0.05, 0) is 55.5 Å². The van der Waals surface area contributed by atoms with Crippen molar-refractivity contribution in [2.45, 2.75) is 38.1 Å². The number of carbonyl (C=O) groups excluding carboxylic acids is 2. The van der Waals surface area contributed by atoms with Gasteiger partial charge in [-0.15, -0.1) is 0 Å². The fourth-order valence-electron chi connectivity index (χ4n) is 4.22. The van der Waals surface area contributed by atoms with Crippen LogP contribution in [0.25, 0.3) is 0 Å². The maximum Gasteiger partial charge on any atom is 0.259 e. The summed E-state index contributed by atoms with van der Waals surface area (Å²) in [6, 6.07) is 11.5. The number of anilines is 2. The number of benzene rings is 1. The topological polar surface area (TPSA) is 89.3 Å². The van der Waals surface area contributed by atoms with E-state index in [0.717, 1.165) is 36.1 Å². The number of hydrogen-bond acceptors (Lipinski definition) is 5. The van der Waals surface area contributed by atoms with Crippen LogP contribution in [-0.4, -0.2) is 29.4 Å². The molecule has 1 aromatic carbocycles. The summed E-state index contributed by atoms with van der Waals surface area (Å²) in [6.45, 7) is 6.03. The van der Waals surface area contributed by atoms with Crippen LogP contribution in [0.1, 0.15) is 36.1 Å². The first kappa shape index (κ1) is 19.6. The molecule has 1 aliphatic carbocycles. The van der Waals surface area contributed by atoms with E-state index < -0.39 is 5.54 Å². The van der Waals surface area contributed by atoms with Gasteiger partial charge in [0.2, 0.25) is 5.91 Å².